The van der Waals surface area contributed by atoms with Gasteiger partial charge in [-0.1, -0.05) is 6.92 Å². The van der Waals surface area contributed by atoms with Gasteiger partial charge in [0.05, 0.1) is 12.3 Å². The highest BCUT2D eigenvalue weighted by Crippen LogP contribution is 2.53. The van der Waals surface area contributed by atoms with Crippen molar-refractivity contribution in [1.82, 2.24) is 4.98 Å². The molecular formula is C12H20N2O8P2. The van der Waals surface area contributed by atoms with E-state index in [9.17, 15) is 24.0 Å². The van der Waals surface area contributed by atoms with Crippen molar-refractivity contribution in [3.63, 3.8) is 0 Å². The first kappa shape index (κ1) is 20.9. The molecule has 1 rings (SSSR count). The minimum atomic E-state index is -4.74. The summed E-state index contributed by atoms with van der Waals surface area (Å²) in [7, 11) is -9.30. The van der Waals surface area contributed by atoms with Crippen molar-refractivity contribution in [2.24, 2.45) is 4.99 Å². The van der Waals surface area contributed by atoms with E-state index in [2.05, 4.69) is 14.5 Å². The molecule has 12 heteroatoms. The van der Waals surface area contributed by atoms with Crippen molar-refractivity contribution in [3.05, 3.63) is 23.0 Å². The van der Waals surface area contributed by atoms with E-state index in [0.717, 1.165) is 6.21 Å². The number of hydrogen-bond acceptors (Lipinski definition) is 6. The van der Waals surface area contributed by atoms with E-state index in [1.54, 1.807) is 6.92 Å². The second kappa shape index (κ2) is 7.41. The summed E-state index contributed by atoms with van der Waals surface area (Å²) < 4.78 is 26.8. The average molecular weight is 382 g/mol. The van der Waals surface area contributed by atoms with Gasteiger partial charge in [-0.3, -0.25) is 19.1 Å². The third-order valence-corrected chi connectivity index (χ3v) is 5.67. The Labute approximate surface area is 138 Å². The maximum Gasteiger partial charge on any atom is 0.469 e. The van der Waals surface area contributed by atoms with Gasteiger partial charge in [0.15, 0.2) is 5.28 Å². The number of phosphoric ester groups is 1. The first-order valence-corrected chi connectivity index (χ1v) is 9.93. The predicted octanol–water partition coefficient (Wildman–Crippen LogP) is 1.43. The molecule has 0 aliphatic carbocycles. The molecule has 10 nitrogen and oxygen atoms in total. The van der Waals surface area contributed by atoms with E-state index in [-0.39, 0.29) is 29.0 Å². The van der Waals surface area contributed by atoms with Gasteiger partial charge in [-0.2, -0.15) is 0 Å². The Morgan fingerprint density at radius 1 is 1.33 bits per heavy atom. The molecule has 0 aromatic carbocycles. The summed E-state index contributed by atoms with van der Waals surface area (Å²) in [6, 6.07) is 0. The molecule has 1 aromatic rings. The molecule has 5 N–H and O–H groups in total. The Balaban J connectivity index is 3.31. The largest absolute Gasteiger partial charge is 0.505 e. The third kappa shape index (κ3) is 5.19. The number of hydrogen-bond donors (Lipinski definition) is 5. The summed E-state index contributed by atoms with van der Waals surface area (Å²) in [6.07, 6.45) is 2.31. The van der Waals surface area contributed by atoms with Gasteiger partial charge in [0.2, 0.25) is 0 Å². The van der Waals surface area contributed by atoms with Crippen molar-refractivity contribution >= 4 is 21.6 Å². The molecular weight excluding hydrogens is 362 g/mol. The minimum absolute atomic E-state index is 0.0177. The van der Waals surface area contributed by atoms with Crippen LogP contribution in [0.1, 0.15) is 37.1 Å². The van der Waals surface area contributed by atoms with Crippen LogP contribution in [0.3, 0.4) is 0 Å². The smallest absolute Gasteiger partial charge is 0.469 e. The van der Waals surface area contributed by atoms with Crippen LogP contribution in [-0.2, 0) is 20.3 Å². The minimum Gasteiger partial charge on any atom is -0.505 e. The Hall–Kier alpha value is -1.12. The monoisotopic (exact) mass is 382 g/mol. The number of nitrogens with zero attached hydrogens (tertiary/aromatic N) is 2. The summed E-state index contributed by atoms with van der Waals surface area (Å²) in [5.41, 5.74) is 0.337. The molecule has 0 spiro atoms. The van der Waals surface area contributed by atoms with Gasteiger partial charge in [0.25, 0.3) is 0 Å². The van der Waals surface area contributed by atoms with E-state index in [4.69, 9.17) is 9.79 Å². The maximum absolute atomic E-state index is 11.6. The second-order valence-corrected chi connectivity index (χ2v) is 8.56. The maximum atomic E-state index is 11.6. The molecule has 1 heterocycles. The normalized spacial score (nSPS) is 15.6. The molecule has 0 radical (unpaired) electrons. The third-order valence-electron chi connectivity index (χ3n) is 3.52. The summed E-state index contributed by atoms with van der Waals surface area (Å²) in [4.78, 5) is 44.1. The quantitative estimate of drug-likeness (QED) is 0.346. The predicted molar refractivity (Wildman–Crippen MR) is 85.8 cm³/mol. The van der Waals surface area contributed by atoms with Crippen LogP contribution in [0.25, 0.3) is 0 Å². The van der Waals surface area contributed by atoms with Gasteiger partial charge < -0.3 is 24.7 Å². The molecule has 0 bridgehead atoms. The number of aryl methyl sites for hydroxylation is 1. The first-order chi connectivity index (χ1) is 10.8. The van der Waals surface area contributed by atoms with Gasteiger partial charge in [0.1, 0.15) is 5.75 Å². The number of phosphoric acid groups is 1. The van der Waals surface area contributed by atoms with Gasteiger partial charge in [0, 0.05) is 23.5 Å². The number of aromatic nitrogens is 1. The van der Waals surface area contributed by atoms with Crippen molar-refractivity contribution in [2.75, 3.05) is 0 Å². The molecule has 0 aliphatic rings. The van der Waals surface area contributed by atoms with Crippen molar-refractivity contribution in [2.45, 2.75) is 39.1 Å². The van der Waals surface area contributed by atoms with Gasteiger partial charge in [-0.05, 0) is 20.3 Å². The molecule has 136 valence electrons. The number of rotatable bonds is 7. The zero-order valence-corrected chi connectivity index (χ0v) is 15.1. The lowest BCUT2D eigenvalue weighted by atomic mass is 10.1. The van der Waals surface area contributed by atoms with E-state index in [1.807, 2.05) is 0 Å². The molecule has 1 aromatic heterocycles. The number of pyridine rings is 1. The summed E-state index contributed by atoms with van der Waals surface area (Å²) in [6.45, 7) is 3.74. The highest BCUT2D eigenvalue weighted by molar-refractivity contribution is 7.53. The molecule has 0 aliphatic heterocycles. The Bertz CT molecular complexity index is 726. The summed E-state index contributed by atoms with van der Waals surface area (Å²) in [5.74, 6) is -0.324. The van der Waals surface area contributed by atoms with Crippen LogP contribution in [0, 0.1) is 6.92 Å². The van der Waals surface area contributed by atoms with Crippen LogP contribution in [0.4, 0.5) is 0 Å². The van der Waals surface area contributed by atoms with Crippen molar-refractivity contribution < 1.29 is 38.3 Å². The zero-order chi connectivity index (χ0) is 18.8. The molecule has 0 saturated carbocycles. The number of aliphatic imine (C=N–C) groups is 1. The van der Waals surface area contributed by atoms with Crippen LogP contribution in [0.15, 0.2) is 11.2 Å². The lowest BCUT2D eigenvalue weighted by Crippen LogP contribution is -2.21. The fourth-order valence-corrected chi connectivity index (χ4v) is 2.57. The second-order valence-electron chi connectivity index (χ2n) is 5.27. The van der Waals surface area contributed by atoms with Crippen molar-refractivity contribution in [1.29, 1.82) is 0 Å². The topological polar surface area (TPSA) is 170 Å². The Kier molecular flexibility index (Phi) is 6.46. The first-order valence-electron chi connectivity index (χ1n) is 6.79. The van der Waals surface area contributed by atoms with Crippen LogP contribution in [-0.4, -0.2) is 41.2 Å². The summed E-state index contributed by atoms with van der Waals surface area (Å²) in [5, 5.41) is 8.39. The summed E-state index contributed by atoms with van der Waals surface area (Å²) >= 11 is 0. The van der Waals surface area contributed by atoms with E-state index in [1.165, 1.54) is 20.0 Å². The molecule has 0 amide bonds. The molecule has 24 heavy (non-hydrogen) atoms. The van der Waals surface area contributed by atoms with Crippen LogP contribution in [0.2, 0.25) is 0 Å². The van der Waals surface area contributed by atoms with E-state index < -0.39 is 27.3 Å². The highest BCUT2D eigenvalue weighted by Gasteiger charge is 2.40. The van der Waals surface area contributed by atoms with Gasteiger partial charge in [-0.15, -0.1) is 0 Å². The fourth-order valence-electron chi connectivity index (χ4n) is 1.64. The zero-order valence-electron chi connectivity index (χ0n) is 13.3. The Morgan fingerprint density at radius 2 is 1.92 bits per heavy atom. The molecule has 0 saturated heterocycles. The van der Waals surface area contributed by atoms with Gasteiger partial charge >= 0.3 is 15.4 Å². The highest BCUT2D eigenvalue weighted by atomic mass is 31.2. The van der Waals surface area contributed by atoms with Crippen LogP contribution in [0.5, 0.6) is 5.75 Å². The van der Waals surface area contributed by atoms with Gasteiger partial charge in [-0.25, -0.2) is 4.57 Å². The lowest BCUT2D eigenvalue weighted by Gasteiger charge is -2.24. The van der Waals surface area contributed by atoms with Crippen LogP contribution < -0.4 is 0 Å². The van der Waals surface area contributed by atoms with Crippen LogP contribution >= 0.6 is 15.4 Å². The van der Waals surface area contributed by atoms with Crippen molar-refractivity contribution in [3.8, 4) is 5.75 Å². The lowest BCUT2D eigenvalue weighted by molar-refractivity contribution is 0.188. The number of aromatic hydroxyl groups is 1. The molecule has 0 unspecified atom stereocenters. The Morgan fingerprint density at radius 3 is 2.38 bits per heavy atom. The molecule has 1 atom stereocenters. The van der Waals surface area contributed by atoms with E-state index in [0.29, 0.717) is 0 Å². The molecule has 0 fully saturated rings. The van der Waals surface area contributed by atoms with E-state index >= 15 is 0 Å². The average Bonchev–Trinajstić information content (AvgIpc) is 2.45. The standard InChI is InChI=1S/C12H20N2O8P2/c1-4-12(3,23(16,17)18)14-6-10-9(7-22-24(19,20)21)5-13-8(2)11(10)15/h5-6,15H,4,7H2,1-3H3,(H2,16,17,18)(H2,19,20,21)/t12-/m1/s1. The fraction of sp³-hybridized carbons (Fsp3) is 0.500. The SMILES string of the molecule is CC[C@](C)(N=Cc1c(COP(=O)(O)O)cnc(C)c1O)P(=O)(O)O.